The lowest BCUT2D eigenvalue weighted by atomic mass is 10.0. The number of anilines is 1. The van der Waals surface area contributed by atoms with Crippen LogP contribution in [0, 0.1) is 0 Å². The van der Waals surface area contributed by atoms with Crippen LogP contribution in [0.4, 0.5) is 5.82 Å². The Balaban J connectivity index is 1.28. The van der Waals surface area contributed by atoms with Gasteiger partial charge in [-0.1, -0.05) is 38.1 Å². The van der Waals surface area contributed by atoms with Crippen LogP contribution >= 0.6 is 0 Å². The molecule has 2 aliphatic rings. The highest BCUT2D eigenvalue weighted by Gasteiger charge is 2.44. The fourth-order valence-corrected chi connectivity index (χ4v) is 4.92. The van der Waals surface area contributed by atoms with Gasteiger partial charge in [0.2, 0.25) is 0 Å². The normalized spacial score (nSPS) is 28.9. The molecule has 10 nitrogen and oxygen atoms in total. The minimum Gasteiger partial charge on any atom is -0.394 e. The van der Waals surface area contributed by atoms with Crippen molar-refractivity contribution in [2.24, 2.45) is 0 Å². The van der Waals surface area contributed by atoms with Crippen LogP contribution in [0.15, 0.2) is 36.9 Å². The number of benzene rings is 1. The van der Waals surface area contributed by atoms with Crippen molar-refractivity contribution in [3.63, 3.8) is 0 Å². The minimum atomic E-state index is -1.21. The van der Waals surface area contributed by atoms with Crippen molar-refractivity contribution in [3.05, 3.63) is 48.0 Å². The number of nitrogens with one attached hydrogen (secondary N) is 1. The van der Waals surface area contributed by atoms with Gasteiger partial charge in [-0.05, 0) is 36.3 Å². The van der Waals surface area contributed by atoms with Crippen molar-refractivity contribution in [3.8, 4) is 0 Å². The van der Waals surface area contributed by atoms with E-state index in [1.807, 2.05) is 0 Å². The number of rotatable bonds is 8. The smallest absolute Gasteiger partial charge is 0.167 e. The van der Waals surface area contributed by atoms with E-state index in [1.165, 1.54) is 18.2 Å². The van der Waals surface area contributed by atoms with E-state index in [0.29, 0.717) is 29.5 Å². The molecule has 5 rings (SSSR count). The van der Waals surface area contributed by atoms with Gasteiger partial charge in [-0.2, -0.15) is 0 Å². The summed E-state index contributed by atoms with van der Waals surface area (Å²) in [4.78, 5) is 13.2. The molecule has 10 heteroatoms. The maximum absolute atomic E-state index is 10.4. The lowest BCUT2D eigenvalue weighted by Gasteiger charge is -2.22. The Morgan fingerprint density at radius 1 is 1.11 bits per heavy atom. The number of aliphatic hydroxyl groups is 3. The summed E-state index contributed by atoms with van der Waals surface area (Å²) in [5.74, 6) is 1.09. The molecule has 0 radical (unpaired) electrons. The zero-order valence-electron chi connectivity index (χ0n) is 20.0. The molecule has 3 aromatic rings. The van der Waals surface area contributed by atoms with E-state index in [9.17, 15) is 15.3 Å². The number of hydrogen-bond acceptors (Lipinski definition) is 9. The number of nitrogens with zero attached hydrogens (tertiary/aromatic N) is 4. The molecule has 0 unspecified atom stereocenters. The topological polar surface area (TPSA) is 135 Å². The van der Waals surface area contributed by atoms with Gasteiger partial charge in [0.05, 0.1) is 31.7 Å². The lowest BCUT2D eigenvalue weighted by Crippen LogP contribution is -2.33. The van der Waals surface area contributed by atoms with Crippen molar-refractivity contribution >= 4 is 17.0 Å². The maximum atomic E-state index is 10.4. The van der Waals surface area contributed by atoms with Crippen LogP contribution in [0.2, 0.25) is 0 Å². The molecule has 3 heterocycles. The van der Waals surface area contributed by atoms with Gasteiger partial charge < -0.3 is 30.1 Å². The zero-order chi connectivity index (χ0) is 24.5. The number of aromatic nitrogens is 4. The predicted octanol–water partition coefficient (Wildman–Crippen LogP) is 2.11. The number of ether oxygens (including phenoxy) is 2. The summed E-state index contributed by atoms with van der Waals surface area (Å²) in [5.41, 5.74) is 3.48. The van der Waals surface area contributed by atoms with E-state index in [0.717, 1.165) is 24.8 Å². The van der Waals surface area contributed by atoms with Gasteiger partial charge >= 0.3 is 0 Å². The largest absolute Gasteiger partial charge is 0.394 e. The third-order valence-corrected chi connectivity index (χ3v) is 7.04. The van der Waals surface area contributed by atoms with Gasteiger partial charge in [0.1, 0.15) is 24.6 Å². The minimum absolute atomic E-state index is 0.0484. The molecule has 0 spiro atoms. The molecule has 0 amide bonds. The van der Waals surface area contributed by atoms with Gasteiger partial charge in [-0.15, -0.1) is 0 Å². The number of fused-ring (bicyclic) bond motifs is 1. The molecule has 2 aromatic heterocycles. The highest BCUT2D eigenvalue weighted by atomic mass is 16.6. The highest BCUT2D eigenvalue weighted by Crippen LogP contribution is 2.33. The second-order valence-electron chi connectivity index (χ2n) is 9.70. The summed E-state index contributed by atoms with van der Waals surface area (Å²) in [6.45, 7) is 4.53. The molecular formula is C25H33N5O5. The van der Waals surface area contributed by atoms with Crippen molar-refractivity contribution in [2.45, 2.75) is 82.3 Å². The Morgan fingerprint density at radius 3 is 2.63 bits per heavy atom. The molecule has 1 saturated heterocycles. The Kier molecular flexibility index (Phi) is 6.99. The van der Waals surface area contributed by atoms with Crippen LogP contribution in [0.1, 0.15) is 56.4 Å². The van der Waals surface area contributed by atoms with E-state index >= 15 is 0 Å². The highest BCUT2D eigenvalue weighted by molar-refractivity contribution is 5.82. The van der Waals surface area contributed by atoms with Crippen molar-refractivity contribution in [1.82, 2.24) is 19.5 Å². The molecule has 1 saturated carbocycles. The molecule has 6 atom stereocenters. The standard InChI is InChI=1S/C25H33N5O5/c1-14(2)16-8-6-15(7-9-16)11-34-18-5-3-4-17(18)29-23-20-24(27-12-26-23)30(13-28-20)25-22(33)21(32)19(10-31)35-25/h6-9,12-14,17-19,21-22,25,31-33H,3-5,10-11H2,1-2H3,(H,26,27,29)/t17-,18-,19-,21-,22-,25-/m1/s1. The molecule has 1 aliphatic heterocycles. The molecule has 2 fully saturated rings. The summed E-state index contributed by atoms with van der Waals surface area (Å²) < 4.78 is 13.5. The summed E-state index contributed by atoms with van der Waals surface area (Å²) in [6, 6.07) is 8.67. The predicted molar refractivity (Wildman–Crippen MR) is 129 cm³/mol. The third-order valence-electron chi connectivity index (χ3n) is 7.04. The van der Waals surface area contributed by atoms with Crippen LogP contribution in [-0.4, -0.2) is 71.9 Å². The van der Waals surface area contributed by atoms with Gasteiger partial charge in [0.15, 0.2) is 23.2 Å². The Bertz CT molecular complexity index is 1140. The summed E-state index contributed by atoms with van der Waals surface area (Å²) in [7, 11) is 0. The SMILES string of the molecule is CC(C)c1ccc(CO[C@@H]2CCC[C@H]2Nc2ncnc3c2ncn3[C@@H]2O[C@H](CO)[C@@H](O)[C@H]2O)cc1. The van der Waals surface area contributed by atoms with E-state index in [2.05, 4.69) is 58.4 Å². The van der Waals surface area contributed by atoms with Crippen molar-refractivity contribution in [2.75, 3.05) is 11.9 Å². The van der Waals surface area contributed by atoms with Crippen molar-refractivity contribution in [1.29, 1.82) is 0 Å². The molecule has 1 aromatic carbocycles. The number of aliphatic hydroxyl groups excluding tert-OH is 3. The second-order valence-corrected chi connectivity index (χ2v) is 9.70. The average molecular weight is 484 g/mol. The van der Waals surface area contributed by atoms with Gasteiger partial charge in [-0.25, -0.2) is 15.0 Å². The first kappa shape index (κ1) is 24.1. The Morgan fingerprint density at radius 2 is 1.91 bits per heavy atom. The van der Waals surface area contributed by atoms with Crippen LogP contribution in [0.25, 0.3) is 11.2 Å². The van der Waals surface area contributed by atoms with E-state index in [4.69, 9.17) is 9.47 Å². The van der Waals surface area contributed by atoms with E-state index in [-0.39, 0.29) is 12.1 Å². The van der Waals surface area contributed by atoms with Crippen molar-refractivity contribution < 1.29 is 24.8 Å². The van der Waals surface area contributed by atoms with E-state index < -0.39 is 31.1 Å². The second kappa shape index (κ2) is 10.2. The average Bonchev–Trinajstić information content (AvgIpc) is 3.57. The number of imidazole rings is 1. The summed E-state index contributed by atoms with van der Waals surface area (Å²) in [6.07, 6.45) is 1.79. The lowest BCUT2D eigenvalue weighted by molar-refractivity contribution is -0.0511. The fourth-order valence-electron chi connectivity index (χ4n) is 4.92. The van der Waals surface area contributed by atoms with Gasteiger partial charge in [0.25, 0.3) is 0 Å². The quantitative estimate of drug-likeness (QED) is 0.380. The summed E-state index contributed by atoms with van der Waals surface area (Å²) >= 11 is 0. The molecule has 35 heavy (non-hydrogen) atoms. The fraction of sp³-hybridized carbons (Fsp3) is 0.560. The molecular weight excluding hydrogens is 450 g/mol. The molecule has 4 N–H and O–H groups in total. The molecule has 188 valence electrons. The van der Waals surface area contributed by atoms with Crippen LogP contribution < -0.4 is 5.32 Å². The first-order valence-electron chi connectivity index (χ1n) is 12.2. The van der Waals surface area contributed by atoms with Gasteiger partial charge in [0, 0.05) is 0 Å². The molecule has 1 aliphatic carbocycles. The first-order chi connectivity index (χ1) is 17.0. The number of hydrogen-bond donors (Lipinski definition) is 4. The zero-order valence-corrected chi connectivity index (χ0v) is 20.0. The monoisotopic (exact) mass is 483 g/mol. The summed E-state index contributed by atoms with van der Waals surface area (Å²) in [5, 5.41) is 33.4. The van der Waals surface area contributed by atoms with Crippen LogP contribution in [0.3, 0.4) is 0 Å². The maximum Gasteiger partial charge on any atom is 0.167 e. The van der Waals surface area contributed by atoms with Crippen LogP contribution in [0.5, 0.6) is 0 Å². The Hall–Kier alpha value is -2.63. The molecule has 0 bridgehead atoms. The first-order valence-corrected chi connectivity index (χ1v) is 12.2. The third kappa shape index (κ3) is 4.76. The van der Waals surface area contributed by atoms with E-state index in [1.54, 1.807) is 4.57 Å². The Labute approximate surface area is 204 Å². The van der Waals surface area contributed by atoms with Crippen LogP contribution in [-0.2, 0) is 16.1 Å². The van der Waals surface area contributed by atoms with Gasteiger partial charge in [-0.3, -0.25) is 4.57 Å².